The minimum Gasteiger partial charge on any atom is -0.416 e. The Morgan fingerprint density at radius 2 is 2.00 bits per heavy atom. The van der Waals surface area contributed by atoms with Crippen molar-refractivity contribution in [2.75, 3.05) is 16.8 Å². The zero-order valence-corrected chi connectivity index (χ0v) is 18.6. The van der Waals surface area contributed by atoms with Crippen LogP contribution in [0, 0.1) is 5.92 Å². The average Bonchev–Trinajstić information content (AvgIpc) is 3.27. The molecular formula is C20H25N3O5S2. The molecule has 3 rings (SSSR count). The van der Waals surface area contributed by atoms with E-state index in [1.165, 1.54) is 11.8 Å². The van der Waals surface area contributed by atoms with Crippen molar-refractivity contribution in [3.63, 3.8) is 0 Å². The van der Waals surface area contributed by atoms with Crippen LogP contribution < -0.4 is 5.32 Å². The van der Waals surface area contributed by atoms with E-state index in [1.807, 2.05) is 6.92 Å². The van der Waals surface area contributed by atoms with E-state index in [4.69, 9.17) is 4.42 Å². The van der Waals surface area contributed by atoms with Crippen LogP contribution in [0.3, 0.4) is 0 Å². The fourth-order valence-electron chi connectivity index (χ4n) is 3.26. The minimum absolute atomic E-state index is 0.00341. The highest BCUT2D eigenvalue weighted by Gasteiger charge is 2.29. The van der Waals surface area contributed by atoms with Crippen molar-refractivity contribution in [2.45, 2.75) is 50.0 Å². The van der Waals surface area contributed by atoms with E-state index in [0.717, 1.165) is 6.42 Å². The van der Waals surface area contributed by atoms with E-state index >= 15 is 0 Å². The number of carbonyl (C=O) groups excluding carboxylic acids is 2. The first-order valence-electron chi connectivity index (χ1n) is 9.89. The highest BCUT2D eigenvalue weighted by molar-refractivity contribution is 8.00. The summed E-state index contributed by atoms with van der Waals surface area (Å²) in [6, 6.07) is 6.78. The Labute approximate surface area is 180 Å². The first kappa shape index (κ1) is 22.5. The Bertz CT molecular complexity index is 1000. The number of hydrogen-bond donors (Lipinski definition) is 1. The summed E-state index contributed by atoms with van der Waals surface area (Å²) in [7, 11) is -2.95. The van der Waals surface area contributed by atoms with E-state index in [-0.39, 0.29) is 34.3 Å². The molecule has 2 atom stereocenters. The minimum atomic E-state index is -2.95. The predicted molar refractivity (Wildman–Crippen MR) is 114 cm³/mol. The molecule has 1 aliphatic rings. The summed E-state index contributed by atoms with van der Waals surface area (Å²) in [6.07, 6.45) is 2.27. The highest BCUT2D eigenvalue weighted by Crippen LogP contribution is 2.27. The summed E-state index contributed by atoms with van der Waals surface area (Å²) in [5, 5.41) is 10.6. The van der Waals surface area contributed by atoms with Crippen molar-refractivity contribution in [1.82, 2.24) is 10.2 Å². The van der Waals surface area contributed by atoms with Gasteiger partial charge in [0.2, 0.25) is 11.8 Å². The number of rotatable bonds is 9. The van der Waals surface area contributed by atoms with Crippen LogP contribution in [0.15, 0.2) is 33.9 Å². The Morgan fingerprint density at radius 1 is 1.27 bits per heavy atom. The number of benzene rings is 1. The van der Waals surface area contributed by atoms with E-state index < -0.39 is 15.1 Å². The largest absolute Gasteiger partial charge is 0.416 e. The summed E-state index contributed by atoms with van der Waals surface area (Å²) in [5.41, 5.74) is 1.18. The summed E-state index contributed by atoms with van der Waals surface area (Å²) >= 11 is 1.17. The van der Waals surface area contributed by atoms with Gasteiger partial charge in [0.25, 0.3) is 5.22 Å². The number of carbonyl (C=O) groups is 2. The summed E-state index contributed by atoms with van der Waals surface area (Å²) in [6.45, 7) is 3.70. The number of ketones is 1. The highest BCUT2D eigenvalue weighted by atomic mass is 32.2. The molecule has 2 heterocycles. The molecule has 1 saturated heterocycles. The van der Waals surface area contributed by atoms with Crippen LogP contribution in [0.25, 0.3) is 0 Å². The molecule has 1 fully saturated rings. The van der Waals surface area contributed by atoms with Gasteiger partial charge in [-0.05, 0) is 49.9 Å². The lowest BCUT2D eigenvalue weighted by Crippen LogP contribution is -2.14. The second-order valence-electron chi connectivity index (χ2n) is 7.43. The molecule has 162 valence electrons. The smallest absolute Gasteiger partial charge is 0.277 e. The van der Waals surface area contributed by atoms with Gasteiger partial charge in [0.15, 0.2) is 15.6 Å². The summed E-state index contributed by atoms with van der Waals surface area (Å²) in [4.78, 5) is 24.3. The number of thioether (sulfide) groups is 1. The van der Waals surface area contributed by atoms with Gasteiger partial charge in [-0.25, -0.2) is 8.42 Å². The van der Waals surface area contributed by atoms with Gasteiger partial charge in [-0.3, -0.25) is 9.59 Å². The maximum Gasteiger partial charge on any atom is 0.277 e. The monoisotopic (exact) mass is 451 g/mol. The average molecular weight is 452 g/mol. The fourth-order valence-corrected chi connectivity index (χ4v) is 5.90. The van der Waals surface area contributed by atoms with Crippen molar-refractivity contribution in [2.24, 2.45) is 5.92 Å². The van der Waals surface area contributed by atoms with Crippen molar-refractivity contribution in [3.8, 4) is 0 Å². The number of nitrogens with one attached hydrogen (secondary N) is 1. The topological polar surface area (TPSA) is 119 Å². The second kappa shape index (κ2) is 9.74. The molecular weight excluding hydrogens is 426 g/mol. The van der Waals surface area contributed by atoms with Gasteiger partial charge < -0.3 is 9.73 Å². The first-order valence-corrected chi connectivity index (χ1v) is 12.6. The number of aromatic nitrogens is 2. The van der Waals surface area contributed by atoms with Crippen LogP contribution in [0.5, 0.6) is 0 Å². The number of amides is 1. The molecule has 0 spiro atoms. The van der Waals surface area contributed by atoms with Crippen molar-refractivity contribution in [1.29, 1.82) is 0 Å². The van der Waals surface area contributed by atoms with Gasteiger partial charge in [-0.1, -0.05) is 18.7 Å². The van der Waals surface area contributed by atoms with Gasteiger partial charge >= 0.3 is 0 Å². The van der Waals surface area contributed by atoms with Gasteiger partial charge in [0.1, 0.15) is 0 Å². The number of nitrogens with zero attached hydrogens (tertiary/aromatic N) is 2. The molecule has 1 aromatic heterocycles. The molecule has 8 nitrogen and oxygen atoms in total. The Kier molecular flexibility index (Phi) is 7.30. The molecule has 0 radical (unpaired) electrons. The van der Waals surface area contributed by atoms with Gasteiger partial charge in [-0.2, -0.15) is 0 Å². The van der Waals surface area contributed by atoms with E-state index in [1.54, 1.807) is 31.2 Å². The number of anilines is 1. The van der Waals surface area contributed by atoms with Crippen LogP contribution in [-0.2, 0) is 21.1 Å². The summed E-state index contributed by atoms with van der Waals surface area (Å²) < 4.78 is 28.7. The van der Waals surface area contributed by atoms with Crippen molar-refractivity contribution >= 4 is 39.0 Å². The SMILES string of the molecule is CCCC(=O)Nc1ccc(C(=O)C(C)Sc2nnc(CC3CCS(=O)(=O)C3)o2)cc1. The number of hydrogen-bond acceptors (Lipinski definition) is 8. The Morgan fingerprint density at radius 3 is 2.63 bits per heavy atom. The van der Waals surface area contributed by atoms with Crippen LogP contribution >= 0.6 is 11.8 Å². The predicted octanol–water partition coefficient (Wildman–Crippen LogP) is 3.15. The third-order valence-electron chi connectivity index (χ3n) is 4.82. The molecule has 0 aliphatic carbocycles. The molecule has 1 N–H and O–H groups in total. The van der Waals surface area contributed by atoms with Gasteiger partial charge in [0, 0.05) is 24.1 Å². The number of sulfone groups is 1. The van der Waals surface area contributed by atoms with E-state index in [9.17, 15) is 18.0 Å². The number of Topliss-reactive ketones (excluding diaryl/α,β-unsaturated/α-hetero) is 1. The molecule has 0 saturated carbocycles. The van der Waals surface area contributed by atoms with Crippen LogP contribution in [0.4, 0.5) is 5.69 Å². The molecule has 0 bridgehead atoms. The summed E-state index contributed by atoms with van der Waals surface area (Å²) in [5.74, 6) is 0.618. The van der Waals surface area contributed by atoms with Crippen LogP contribution in [0.1, 0.15) is 49.4 Å². The van der Waals surface area contributed by atoms with Gasteiger partial charge in [-0.15, -0.1) is 10.2 Å². The molecule has 2 unspecified atom stereocenters. The standard InChI is InChI=1S/C20H25N3O5S2/c1-3-4-17(24)21-16-7-5-15(6-8-16)19(25)13(2)29-20-23-22-18(28-20)11-14-9-10-30(26,27)12-14/h5-8,13-14H,3-4,9-12H2,1-2H3,(H,21,24). The Balaban J connectivity index is 1.54. The van der Waals surface area contributed by atoms with Crippen LogP contribution in [0.2, 0.25) is 0 Å². The van der Waals surface area contributed by atoms with E-state index in [2.05, 4.69) is 15.5 Å². The molecule has 30 heavy (non-hydrogen) atoms. The lowest BCUT2D eigenvalue weighted by Gasteiger charge is -2.09. The lowest BCUT2D eigenvalue weighted by atomic mass is 10.1. The quantitative estimate of drug-likeness (QED) is 0.456. The fraction of sp³-hybridized carbons (Fsp3) is 0.500. The van der Waals surface area contributed by atoms with Gasteiger partial charge in [0.05, 0.1) is 16.8 Å². The van der Waals surface area contributed by atoms with Crippen molar-refractivity contribution in [3.05, 3.63) is 35.7 Å². The molecule has 1 amide bonds. The zero-order valence-electron chi connectivity index (χ0n) is 17.0. The molecule has 10 heteroatoms. The second-order valence-corrected chi connectivity index (χ2v) is 11.0. The van der Waals surface area contributed by atoms with Crippen molar-refractivity contribution < 1.29 is 22.4 Å². The lowest BCUT2D eigenvalue weighted by molar-refractivity contribution is -0.116. The molecule has 1 aromatic carbocycles. The first-order chi connectivity index (χ1) is 14.3. The van der Waals surface area contributed by atoms with Crippen LogP contribution in [-0.4, -0.2) is 47.1 Å². The Hall–Kier alpha value is -2.20. The molecule has 2 aromatic rings. The van der Waals surface area contributed by atoms with E-state index in [0.29, 0.717) is 36.4 Å². The third-order valence-corrected chi connectivity index (χ3v) is 7.59. The maximum absolute atomic E-state index is 12.7. The third kappa shape index (κ3) is 6.15. The molecule has 1 aliphatic heterocycles. The normalized spacial score (nSPS) is 18.8. The maximum atomic E-state index is 12.7. The zero-order chi connectivity index (χ0) is 21.7.